The predicted octanol–water partition coefficient (Wildman–Crippen LogP) is 4.52. The molecule has 0 amide bonds. The van der Waals surface area contributed by atoms with Crippen molar-refractivity contribution in [2.24, 2.45) is 0 Å². The van der Waals surface area contributed by atoms with Gasteiger partial charge in [0.2, 0.25) is 0 Å². The summed E-state index contributed by atoms with van der Waals surface area (Å²) in [6, 6.07) is 8.29. The van der Waals surface area contributed by atoms with Crippen LogP contribution < -0.4 is 0 Å². The quantitative estimate of drug-likeness (QED) is 0.598. The number of rotatable bonds is 2. The van der Waals surface area contributed by atoms with Crippen molar-refractivity contribution in [3.63, 3.8) is 0 Å². The topological polar surface area (TPSA) is 0 Å². The molecule has 0 radical (unpaired) electrons. The van der Waals surface area contributed by atoms with Gasteiger partial charge in [-0.2, -0.15) is 0 Å². The maximum atomic E-state index is 4.39. The zero-order valence-corrected chi connectivity index (χ0v) is 10.8. The van der Waals surface area contributed by atoms with Gasteiger partial charge in [-0.3, -0.25) is 18.8 Å². The number of hydrogen-bond acceptors (Lipinski definition) is 1. The van der Waals surface area contributed by atoms with E-state index in [2.05, 4.69) is 38.6 Å². The van der Waals surface area contributed by atoms with E-state index < -0.39 is 0 Å². The smallest absolute Gasteiger partial charge is 0.00747 e. The van der Waals surface area contributed by atoms with Crippen molar-refractivity contribution in [3.8, 4) is 0 Å². The van der Waals surface area contributed by atoms with Gasteiger partial charge in [-0.1, -0.05) is 32.0 Å². The van der Waals surface area contributed by atoms with E-state index in [-0.39, 0.29) is 31.2 Å². The van der Waals surface area contributed by atoms with Crippen molar-refractivity contribution in [2.45, 2.75) is 31.1 Å². The molecule has 0 saturated carbocycles. The van der Waals surface area contributed by atoms with Gasteiger partial charge in [-0.15, -0.1) is 25.0 Å². The molecule has 16 heavy (non-hydrogen) atoms. The standard InChI is InChI=1S/C10H14S.ClH.4FH/c1-3-8(2)9-6-4-5-7-10(9)11;;;;;/h4-8,11H,3H2,1-2H3;5*1H. The fourth-order valence-corrected chi connectivity index (χ4v) is 1.51. The SMILES string of the molecule is CCC(C)c1ccccc1S.Cl.F.F.F.F. The van der Waals surface area contributed by atoms with Gasteiger partial charge in [0.1, 0.15) is 0 Å². The molecule has 0 spiro atoms. The van der Waals surface area contributed by atoms with Gasteiger partial charge in [-0.05, 0) is 24.0 Å². The van der Waals surface area contributed by atoms with E-state index in [0.29, 0.717) is 5.92 Å². The molecule has 1 aromatic carbocycles. The lowest BCUT2D eigenvalue weighted by Crippen LogP contribution is -1.91. The van der Waals surface area contributed by atoms with Crippen LogP contribution in [-0.4, -0.2) is 0 Å². The van der Waals surface area contributed by atoms with Gasteiger partial charge in [0, 0.05) is 4.90 Å². The lowest BCUT2D eigenvalue weighted by Gasteiger charge is -2.10. The molecule has 0 saturated heterocycles. The molecule has 1 aromatic rings. The Morgan fingerprint density at radius 1 is 1.06 bits per heavy atom. The molecule has 100 valence electrons. The van der Waals surface area contributed by atoms with E-state index in [4.69, 9.17) is 0 Å². The molecule has 0 aliphatic heterocycles. The van der Waals surface area contributed by atoms with Gasteiger partial charge in [0.05, 0.1) is 0 Å². The van der Waals surface area contributed by atoms with Gasteiger partial charge in [0.25, 0.3) is 0 Å². The monoisotopic (exact) mass is 282 g/mol. The van der Waals surface area contributed by atoms with E-state index in [9.17, 15) is 0 Å². The van der Waals surface area contributed by atoms with E-state index in [1.165, 1.54) is 12.0 Å². The van der Waals surface area contributed by atoms with Gasteiger partial charge in [-0.25, -0.2) is 0 Å². The average molecular weight is 283 g/mol. The highest BCUT2D eigenvalue weighted by Gasteiger charge is 2.04. The molecule has 0 N–H and O–H groups in total. The first-order chi connectivity index (χ1) is 5.25. The van der Waals surface area contributed by atoms with Crippen molar-refractivity contribution in [2.75, 3.05) is 0 Å². The minimum absolute atomic E-state index is 0. The highest BCUT2D eigenvalue weighted by Crippen LogP contribution is 2.24. The summed E-state index contributed by atoms with van der Waals surface area (Å²) in [5.41, 5.74) is 1.36. The Balaban J connectivity index is -0.0000000807. The van der Waals surface area contributed by atoms with Crippen LogP contribution in [0.25, 0.3) is 0 Å². The van der Waals surface area contributed by atoms with Gasteiger partial charge in [0.15, 0.2) is 0 Å². The summed E-state index contributed by atoms with van der Waals surface area (Å²) in [6.45, 7) is 4.43. The van der Waals surface area contributed by atoms with E-state index in [1.807, 2.05) is 12.1 Å². The maximum absolute atomic E-state index is 4.39. The Labute approximate surface area is 105 Å². The van der Waals surface area contributed by atoms with Crippen LogP contribution in [0, 0.1) is 0 Å². The highest BCUT2D eigenvalue weighted by atomic mass is 35.5. The van der Waals surface area contributed by atoms with Gasteiger partial charge < -0.3 is 0 Å². The molecule has 6 heteroatoms. The zero-order valence-electron chi connectivity index (χ0n) is 9.08. The average Bonchev–Trinajstić information content (AvgIpc) is 2.04. The molecule has 0 aromatic heterocycles. The van der Waals surface area contributed by atoms with Crippen molar-refractivity contribution >= 4 is 25.0 Å². The molecule has 1 atom stereocenters. The first-order valence-corrected chi connectivity index (χ1v) is 4.48. The zero-order chi connectivity index (χ0) is 8.27. The first kappa shape index (κ1) is 29.6. The van der Waals surface area contributed by atoms with Crippen LogP contribution in [0.15, 0.2) is 29.2 Å². The molecular weight excluding hydrogens is 264 g/mol. The normalized spacial score (nSPS) is 8.94. The molecular formula is C10H19ClF4S. The molecule has 0 heterocycles. The van der Waals surface area contributed by atoms with Crippen LogP contribution in [-0.2, 0) is 0 Å². The molecule has 1 rings (SSSR count). The third-order valence-electron chi connectivity index (χ3n) is 2.08. The lowest BCUT2D eigenvalue weighted by atomic mass is 9.99. The minimum atomic E-state index is 0. The summed E-state index contributed by atoms with van der Waals surface area (Å²) >= 11 is 4.39. The Kier molecular flexibility index (Phi) is 27.0. The third kappa shape index (κ3) is 7.82. The van der Waals surface area contributed by atoms with Crippen molar-refractivity contribution < 1.29 is 18.8 Å². The van der Waals surface area contributed by atoms with Crippen LogP contribution in [0.2, 0.25) is 0 Å². The molecule has 0 aliphatic rings. The van der Waals surface area contributed by atoms with E-state index >= 15 is 0 Å². The molecule has 0 nitrogen and oxygen atoms in total. The number of thiol groups is 1. The summed E-state index contributed by atoms with van der Waals surface area (Å²) < 4.78 is 0. The lowest BCUT2D eigenvalue weighted by molar-refractivity contribution is 0.720. The second kappa shape index (κ2) is 14.6. The summed E-state index contributed by atoms with van der Waals surface area (Å²) in [4.78, 5) is 1.11. The van der Waals surface area contributed by atoms with Crippen LogP contribution in [0.3, 0.4) is 0 Å². The Bertz CT molecular complexity index is 248. The first-order valence-electron chi connectivity index (χ1n) is 4.03. The van der Waals surface area contributed by atoms with Crippen molar-refractivity contribution in [1.29, 1.82) is 0 Å². The number of hydrogen-bond donors (Lipinski definition) is 1. The third-order valence-corrected chi connectivity index (χ3v) is 2.49. The van der Waals surface area contributed by atoms with E-state index in [0.717, 1.165) is 4.90 Å². The Hall–Kier alpha value is -0.420. The Morgan fingerprint density at radius 3 is 1.88 bits per heavy atom. The molecule has 0 bridgehead atoms. The summed E-state index contributed by atoms with van der Waals surface area (Å²) in [5, 5.41) is 0. The summed E-state index contributed by atoms with van der Waals surface area (Å²) in [7, 11) is 0. The second-order valence-electron chi connectivity index (χ2n) is 2.87. The highest BCUT2D eigenvalue weighted by molar-refractivity contribution is 7.80. The van der Waals surface area contributed by atoms with Crippen LogP contribution in [0.4, 0.5) is 18.8 Å². The maximum Gasteiger partial charge on any atom is 0.00747 e. The molecule has 0 aliphatic carbocycles. The van der Waals surface area contributed by atoms with Gasteiger partial charge >= 0.3 is 0 Å². The molecule has 0 fully saturated rings. The van der Waals surface area contributed by atoms with Crippen LogP contribution in [0.1, 0.15) is 31.7 Å². The minimum Gasteiger partial charge on any atom is -0.269 e. The summed E-state index contributed by atoms with van der Waals surface area (Å²) in [6.07, 6.45) is 1.18. The number of benzene rings is 1. The molecule has 1 unspecified atom stereocenters. The van der Waals surface area contributed by atoms with E-state index in [1.54, 1.807) is 0 Å². The van der Waals surface area contributed by atoms with Crippen LogP contribution >= 0.6 is 25.0 Å². The fourth-order valence-electron chi connectivity index (χ4n) is 1.12. The summed E-state index contributed by atoms with van der Waals surface area (Å²) in [5.74, 6) is 0.628. The van der Waals surface area contributed by atoms with Crippen molar-refractivity contribution in [1.82, 2.24) is 0 Å². The predicted molar refractivity (Wildman–Crippen MR) is 69.7 cm³/mol. The fraction of sp³-hybridized carbons (Fsp3) is 0.400. The number of halogens is 5. The van der Waals surface area contributed by atoms with Crippen molar-refractivity contribution in [3.05, 3.63) is 29.8 Å². The Morgan fingerprint density at radius 2 is 1.50 bits per heavy atom. The second-order valence-corrected chi connectivity index (χ2v) is 3.35. The largest absolute Gasteiger partial charge is 0.269 e. The van der Waals surface area contributed by atoms with Crippen LogP contribution in [0.5, 0.6) is 0 Å².